The van der Waals surface area contributed by atoms with Gasteiger partial charge in [-0.05, 0) is 42.8 Å². The van der Waals surface area contributed by atoms with Crippen LogP contribution in [0.3, 0.4) is 0 Å². The van der Waals surface area contributed by atoms with Gasteiger partial charge in [-0.25, -0.2) is 0 Å². The predicted octanol–water partition coefficient (Wildman–Crippen LogP) is 4.35. The Balaban J connectivity index is 2.08. The Labute approximate surface area is 150 Å². The van der Waals surface area contributed by atoms with E-state index in [1.165, 1.54) is 25.3 Å². The second-order valence-corrected chi connectivity index (χ2v) is 5.07. The smallest absolute Gasteiger partial charge is 0.387 e. The lowest BCUT2D eigenvalue weighted by atomic mass is 10.2. The van der Waals surface area contributed by atoms with E-state index in [1.807, 2.05) is 0 Å². The van der Waals surface area contributed by atoms with E-state index in [9.17, 15) is 13.6 Å². The lowest BCUT2D eigenvalue weighted by Gasteiger charge is -2.11. The number of alkyl halides is 2. The number of hydrogen-bond donors (Lipinski definition) is 1. The van der Waals surface area contributed by atoms with Crippen molar-refractivity contribution in [2.75, 3.05) is 19.0 Å². The summed E-state index contributed by atoms with van der Waals surface area (Å²) in [5.74, 6) is 0.412. The van der Waals surface area contributed by atoms with E-state index in [2.05, 4.69) is 10.1 Å². The van der Waals surface area contributed by atoms with Crippen LogP contribution in [0.15, 0.2) is 48.5 Å². The zero-order valence-corrected chi connectivity index (χ0v) is 14.4. The molecule has 1 amide bonds. The number of carbonyl (C=O) groups excluding carboxylic acids is 1. The van der Waals surface area contributed by atoms with Gasteiger partial charge in [-0.15, -0.1) is 0 Å². The van der Waals surface area contributed by atoms with E-state index >= 15 is 0 Å². The Bertz CT molecular complexity index is 778. The molecule has 1 N–H and O–H groups in total. The van der Waals surface area contributed by atoms with Crippen molar-refractivity contribution in [1.29, 1.82) is 0 Å². The number of rotatable bonds is 8. The first-order valence-electron chi connectivity index (χ1n) is 7.86. The van der Waals surface area contributed by atoms with Crippen LogP contribution in [-0.2, 0) is 4.79 Å². The first-order chi connectivity index (χ1) is 12.5. The average molecular weight is 363 g/mol. The predicted molar refractivity (Wildman–Crippen MR) is 94.9 cm³/mol. The highest BCUT2D eigenvalue weighted by molar-refractivity contribution is 6.02. The summed E-state index contributed by atoms with van der Waals surface area (Å²) in [5, 5.41) is 2.70. The highest BCUT2D eigenvalue weighted by atomic mass is 19.3. The molecule has 0 radical (unpaired) electrons. The molecule has 0 aliphatic rings. The molecule has 0 spiro atoms. The molecular weight excluding hydrogens is 344 g/mol. The molecule has 2 aromatic rings. The summed E-state index contributed by atoms with van der Waals surface area (Å²) < 4.78 is 39.6. The second kappa shape index (κ2) is 9.41. The van der Waals surface area contributed by atoms with Crippen LogP contribution in [0.1, 0.15) is 12.5 Å². The maximum atomic E-state index is 12.4. The monoisotopic (exact) mass is 363 g/mol. The number of hydrogen-bond acceptors (Lipinski definition) is 4. The molecule has 0 aliphatic heterocycles. The number of halogens is 2. The molecule has 0 fully saturated rings. The maximum absolute atomic E-state index is 12.4. The van der Waals surface area contributed by atoms with Crippen molar-refractivity contribution in [3.05, 3.63) is 54.1 Å². The summed E-state index contributed by atoms with van der Waals surface area (Å²) in [7, 11) is 1.54. The minimum absolute atomic E-state index is 0.0557. The second-order valence-electron chi connectivity index (χ2n) is 5.07. The van der Waals surface area contributed by atoms with Crippen molar-refractivity contribution < 1.29 is 27.8 Å². The quantitative estimate of drug-likeness (QED) is 0.709. The molecule has 0 unspecified atom stereocenters. The van der Waals surface area contributed by atoms with Crippen LogP contribution in [0.25, 0.3) is 6.08 Å². The maximum Gasteiger partial charge on any atom is 0.387 e. The van der Waals surface area contributed by atoms with Crippen LogP contribution >= 0.6 is 0 Å². The molecule has 2 aromatic carbocycles. The molecule has 0 atom stereocenters. The van der Waals surface area contributed by atoms with Crippen LogP contribution in [0.5, 0.6) is 17.2 Å². The van der Waals surface area contributed by atoms with E-state index < -0.39 is 6.61 Å². The molecule has 5 nitrogen and oxygen atoms in total. The summed E-state index contributed by atoms with van der Waals surface area (Å²) in [6.07, 6.45) is 2.88. The summed E-state index contributed by atoms with van der Waals surface area (Å²) >= 11 is 0. The highest BCUT2D eigenvalue weighted by Crippen LogP contribution is 2.30. The average Bonchev–Trinajstić information content (AvgIpc) is 2.62. The lowest BCUT2D eigenvalue weighted by Crippen LogP contribution is -2.07. The van der Waals surface area contributed by atoms with Crippen LogP contribution in [-0.4, -0.2) is 26.2 Å². The van der Waals surface area contributed by atoms with Gasteiger partial charge in [0, 0.05) is 17.8 Å². The van der Waals surface area contributed by atoms with Gasteiger partial charge in [0.25, 0.3) is 0 Å². The number of carbonyl (C=O) groups is 1. The zero-order chi connectivity index (χ0) is 18.9. The number of amides is 1. The molecule has 0 saturated heterocycles. The van der Waals surface area contributed by atoms with Gasteiger partial charge in [-0.2, -0.15) is 8.78 Å². The third-order valence-corrected chi connectivity index (χ3v) is 3.25. The normalized spacial score (nSPS) is 10.8. The Morgan fingerprint density at radius 1 is 1.19 bits per heavy atom. The van der Waals surface area contributed by atoms with Gasteiger partial charge >= 0.3 is 6.61 Å². The first-order valence-corrected chi connectivity index (χ1v) is 7.86. The molecule has 2 rings (SSSR count). The van der Waals surface area contributed by atoms with Crippen molar-refractivity contribution in [2.45, 2.75) is 13.5 Å². The lowest BCUT2D eigenvalue weighted by molar-refractivity contribution is -0.111. The minimum atomic E-state index is -2.94. The number of benzene rings is 2. The molecule has 138 valence electrons. The van der Waals surface area contributed by atoms with Crippen molar-refractivity contribution in [1.82, 2.24) is 0 Å². The summed E-state index contributed by atoms with van der Waals surface area (Å²) in [6, 6.07) is 11.4. The van der Waals surface area contributed by atoms with Gasteiger partial charge in [-0.1, -0.05) is 12.1 Å². The number of ether oxygens (including phenoxy) is 3. The summed E-state index contributed by atoms with van der Waals surface area (Å²) in [6.45, 7) is -0.913. The fourth-order valence-corrected chi connectivity index (χ4v) is 2.15. The minimum Gasteiger partial charge on any atom is -0.497 e. The van der Waals surface area contributed by atoms with Crippen LogP contribution < -0.4 is 19.5 Å². The highest BCUT2D eigenvalue weighted by Gasteiger charge is 2.11. The summed E-state index contributed by atoms with van der Waals surface area (Å²) in [4.78, 5) is 12.0. The molecule has 26 heavy (non-hydrogen) atoms. The first kappa shape index (κ1) is 19.2. The van der Waals surface area contributed by atoms with Crippen LogP contribution in [0.4, 0.5) is 14.5 Å². The van der Waals surface area contributed by atoms with E-state index in [-0.39, 0.29) is 17.4 Å². The van der Waals surface area contributed by atoms with Crippen molar-refractivity contribution in [3.63, 3.8) is 0 Å². The molecule has 0 aliphatic carbocycles. The van der Waals surface area contributed by atoms with Crippen molar-refractivity contribution in [2.24, 2.45) is 0 Å². The topological polar surface area (TPSA) is 56.8 Å². The summed E-state index contributed by atoms with van der Waals surface area (Å²) in [5.41, 5.74) is 1.20. The molecule has 0 saturated carbocycles. The van der Waals surface area contributed by atoms with Crippen molar-refractivity contribution >= 4 is 17.7 Å². The number of methoxy groups -OCH3 is 1. The van der Waals surface area contributed by atoms with Gasteiger partial charge in [0.15, 0.2) is 11.5 Å². The van der Waals surface area contributed by atoms with E-state index in [4.69, 9.17) is 9.47 Å². The standard InChI is InChI=1S/C19H19F2NO4/c1-3-25-17-11-13(7-9-16(17)26-19(20)21)8-10-18(23)22-14-5-4-6-15(12-14)24-2/h4-12,19H,3H2,1-2H3,(H,22,23)/b10-8+. The van der Waals surface area contributed by atoms with Crippen LogP contribution in [0.2, 0.25) is 0 Å². The Morgan fingerprint density at radius 2 is 2.00 bits per heavy atom. The Hall–Kier alpha value is -3.09. The van der Waals surface area contributed by atoms with Crippen molar-refractivity contribution in [3.8, 4) is 17.2 Å². The van der Waals surface area contributed by atoms with Gasteiger partial charge < -0.3 is 19.5 Å². The SMILES string of the molecule is CCOc1cc(/C=C/C(=O)Nc2cccc(OC)c2)ccc1OC(F)F. The number of anilines is 1. The van der Waals surface area contributed by atoms with E-state index in [1.54, 1.807) is 43.3 Å². The van der Waals surface area contributed by atoms with Gasteiger partial charge in [0.1, 0.15) is 5.75 Å². The molecular formula is C19H19F2NO4. The molecule has 0 aromatic heterocycles. The zero-order valence-electron chi connectivity index (χ0n) is 14.4. The largest absolute Gasteiger partial charge is 0.497 e. The van der Waals surface area contributed by atoms with Gasteiger partial charge in [-0.3, -0.25) is 4.79 Å². The Morgan fingerprint density at radius 3 is 2.69 bits per heavy atom. The Kier molecular flexibility index (Phi) is 6.96. The third-order valence-electron chi connectivity index (χ3n) is 3.25. The van der Waals surface area contributed by atoms with Gasteiger partial charge in [0.05, 0.1) is 13.7 Å². The molecule has 0 heterocycles. The van der Waals surface area contributed by atoms with E-state index in [0.717, 1.165) is 0 Å². The van der Waals surface area contributed by atoms with Gasteiger partial charge in [0.2, 0.25) is 5.91 Å². The fourth-order valence-electron chi connectivity index (χ4n) is 2.15. The van der Waals surface area contributed by atoms with E-state index in [0.29, 0.717) is 23.6 Å². The molecule has 0 bridgehead atoms. The fraction of sp³-hybridized carbons (Fsp3) is 0.211. The molecule has 7 heteroatoms. The van der Waals surface area contributed by atoms with Crippen LogP contribution in [0, 0.1) is 0 Å². The third kappa shape index (κ3) is 5.77. The number of nitrogens with one attached hydrogen (secondary N) is 1.